The maximum absolute atomic E-state index is 11.1. The molecule has 16 heavy (non-hydrogen) atoms. The van der Waals surface area contributed by atoms with Crippen molar-refractivity contribution in [3.8, 4) is 0 Å². The molecule has 0 spiro atoms. The first kappa shape index (κ1) is 11.0. The summed E-state index contributed by atoms with van der Waals surface area (Å²) in [5.74, 6) is -0.634. The van der Waals surface area contributed by atoms with E-state index in [1.54, 1.807) is 12.1 Å². The van der Waals surface area contributed by atoms with E-state index >= 15 is 0 Å². The summed E-state index contributed by atoms with van der Waals surface area (Å²) in [6.45, 7) is 1.72. The molecule has 2 N–H and O–H groups in total. The van der Waals surface area contributed by atoms with Crippen molar-refractivity contribution in [2.75, 3.05) is 24.6 Å². The molecule has 1 aliphatic heterocycles. The minimum atomic E-state index is -0.900. The molecule has 0 aliphatic carbocycles. The lowest BCUT2D eigenvalue weighted by Gasteiger charge is -2.20. The number of nitrogens with zero attached hydrogens (tertiary/aromatic N) is 1. The SMILES string of the molecule is O=C(O)c1ccccc1N1CCC(CO)C1. The van der Waals surface area contributed by atoms with E-state index in [0.29, 0.717) is 5.56 Å². The Kier molecular flexibility index (Phi) is 3.10. The van der Waals surface area contributed by atoms with Gasteiger partial charge in [0.1, 0.15) is 0 Å². The van der Waals surface area contributed by atoms with Gasteiger partial charge in [-0.2, -0.15) is 0 Å². The highest BCUT2D eigenvalue weighted by molar-refractivity contribution is 5.94. The number of carboxylic acids is 1. The van der Waals surface area contributed by atoms with Crippen molar-refractivity contribution in [3.05, 3.63) is 29.8 Å². The van der Waals surface area contributed by atoms with Crippen LogP contribution in [0.4, 0.5) is 5.69 Å². The number of hydrogen-bond donors (Lipinski definition) is 2. The van der Waals surface area contributed by atoms with E-state index in [1.807, 2.05) is 17.0 Å². The van der Waals surface area contributed by atoms with E-state index in [2.05, 4.69) is 0 Å². The molecule has 1 heterocycles. The van der Waals surface area contributed by atoms with Crippen molar-refractivity contribution in [2.24, 2.45) is 5.92 Å². The van der Waals surface area contributed by atoms with Crippen molar-refractivity contribution in [2.45, 2.75) is 6.42 Å². The predicted molar refractivity (Wildman–Crippen MR) is 60.8 cm³/mol. The highest BCUT2D eigenvalue weighted by Gasteiger charge is 2.24. The van der Waals surface area contributed by atoms with Crippen LogP contribution in [-0.2, 0) is 0 Å². The Morgan fingerprint density at radius 3 is 2.81 bits per heavy atom. The van der Waals surface area contributed by atoms with Gasteiger partial charge in [0.15, 0.2) is 0 Å². The summed E-state index contributed by atoms with van der Waals surface area (Å²) in [4.78, 5) is 13.1. The van der Waals surface area contributed by atoms with E-state index in [-0.39, 0.29) is 12.5 Å². The second kappa shape index (κ2) is 4.53. The van der Waals surface area contributed by atoms with Gasteiger partial charge in [0, 0.05) is 25.6 Å². The Morgan fingerprint density at radius 2 is 2.19 bits per heavy atom. The maximum atomic E-state index is 11.1. The number of hydrogen-bond acceptors (Lipinski definition) is 3. The number of carbonyl (C=O) groups is 1. The number of aliphatic hydroxyl groups is 1. The number of anilines is 1. The molecule has 1 atom stereocenters. The van der Waals surface area contributed by atoms with Crippen molar-refractivity contribution >= 4 is 11.7 Å². The Morgan fingerprint density at radius 1 is 1.44 bits per heavy atom. The molecule has 1 saturated heterocycles. The van der Waals surface area contributed by atoms with Crippen LogP contribution in [0, 0.1) is 5.92 Å². The minimum Gasteiger partial charge on any atom is -0.478 e. The Labute approximate surface area is 94.1 Å². The fraction of sp³-hybridized carbons (Fsp3) is 0.417. The van der Waals surface area contributed by atoms with E-state index in [0.717, 1.165) is 25.2 Å². The molecule has 0 saturated carbocycles. The molecule has 86 valence electrons. The van der Waals surface area contributed by atoms with Crippen molar-refractivity contribution in [3.63, 3.8) is 0 Å². The summed E-state index contributed by atoms with van der Waals surface area (Å²) in [6, 6.07) is 7.01. The molecule has 4 nitrogen and oxygen atoms in total. The molecule has 1 fully saturated rings. The lowest BCUT2D eigenvalue weighted by molar-refractivity contribution is 0.0697. The normalized spacial score (nSPS) is 20.1. The van der Waals surface area contributed by atoms with Gasteiger partial charge in [-0.3, -0.25) is 0 Å². The third-order valence-electron chi connectivity index (χ3n) is 3.02. The largest absolute Gasteiger partial charge is 0.478 e. The van der Waals surface area contributed by atoms with Crippen molar-refractivity contribution in [1.29, 1.82) is 0 Å². The zero-order valence-corrected chi connectivity index (χ0v) is 8.97. The lowest BCUT2D eigenvalue weighted by Crippen LogP contribution is -2.22. The molecule has 2 rings (SSSR count). The Hall–Kier alpha value is -1.55. The van der Waals surface area contributed by atoms with Gasteiger partial charge in [0.25, 0.3) is 0 Å². The summed E-state index contributed by atoms with van der Waals surface area (Å²) < 4.78 is 0. The van der Waals surface area contributed by atoms with Gasteiger partial charge >= 0.3 is 5.97 Å². The summed E-state index contributed by atoms with van der Waals surface area (Å²) in [5, 5.41) is 18.1. The quantitative estimate of drug-likeness (QED) is 0.805. The first-order valence-electron chi connectivity index (χ1n) is 5.40. The van der Waals surface area contributed by atoms with Gasteiger partial charge in [-0.25, -0.2) is 4.79 Å². The third-order valence-corrected chi connectivity index (χ3v) is 3.02. The van der Waals surface area contributed by atoms with E-state index < -0.39 is 5.97 Å². The second-order valence-electron chi connectivity index (χ2n) is 4.11. The number of carboxylic acid groups (broad SMARTS) is 1. The standard InChI is InChI=1S/C12H15NO3/c14-8-9-5-6-13(7-9)11-4-2-1-3-10(11)12(15)16/h1-4,9,14H,5-8H2,(H,15,16). The average molecular weight is 221 g/mol. The van der Waals surface area contributed by atoms with E-state index in [4.69, 9.17) is 10.2 Å². The van der Waals surface area contributed by atoms with Crippen molar-refractivity contribution in [1.82, 2.24) is 0 Å². The van der Waals surface area contributed by atoms with Gasteiger partial charge in [-0.1, -0.05) is 12.1 Å². The third kappa shape index (κ3) is 2.02. The summed E-state index contributed by atoms with van der Waals surface area (Å²) >= 11 is 0. The maximum Gasteiger partial charge on any atom is 0.337 e. The van der Waals surface area contributed by atoms with Gasteiger partial charge in [-0.05, 0) is 18.6 Å². The van der Waals surface area contributed by atoms with Crippen LogP contribution in [-0.4, -0.2) is 35.9 Å². The smallest absolute Gasteiger partial charge is 0.337 e. The van der Waals surface area contributed by atoms with E-state index in [1.165, 1.54) is 0 Å². The molecule has 0 radical (unpaired) electrons. The second-order valence-corrected chi connectivity index (χ2v) is 4.11. The number of para-hydroxylation sites is 1. The van der Waals surface area contributed by atoms with Gasteiger partial charge in [0.2, 0.25) is 0 Å². The van der Waals surface area contributed by atoms with Gasteiger partial charge in [0.05, 0.1) is 11.3 Å². The molecule has 1 aromatic carbocycles. The van der Waals surface area contributed by atoms with Crippen LogP contribution in [0.2, 0.25) is 0 Å². The molecule has 4 heteroatoms. The summed E-state index contributed by atoms with van der Waals surface area (Å²) in [6.07, 6.45) is 0.921. The average Bonchev–Trinajstić information content (AvgIpc) is 2.77. The van der Waals surface area contributed by atoms with Crippen LogP contribution in [0.3, 0.4) is 0 Å². The molecular weight excluding hydrogens is 206 g/mol. The Balaban J connectivity index is 2.24. The highest BCUT2D eigenvalue weighted by atomic mass is 16.4. The minimum absolute atomic E-state index is 0.172. The fourth-order valence-electron chi connectivity index (χ4n) is 2.13. The topological polar surface area (TPSA) is 60.8 Å². The Bertz CT molecular complexity index is 392. The number of rotatable bonds is 3. The molecule has 0 aromatic heterocycles. The molecule has 1 aliphatic rings. The first-order valence-corrected chi connectivity index (χ1v) is 5.40. The molecule has 1 unspecified atom stereocenters. The van der Waals surface area contributed by atoms with Crippen molar-refractivity contribution < 1.29 is 15.0 Å². The molecule has 0 amide bonds. The summed E-state index contributed by atoms with van der Waals surface area (Å²) in [5.41, 5.74) is 1.09. The van der Waals surface area contributed by atoms with Gasteiger partial charge in [-0.15, -0.1) is 0 Å². The zero-order chi connectivity index (χ0) is 11.5. The monoisotopic (exact) mass is 221 g/mol. The molecule has 0 bridgehead atoms. The summed E-state index contributed by atoms with van der Waals surface area (Å²) in [7, 11) is 0. The van der Waals surface area contributed by atoms with Crippen LogP contribution >= 0.6 is 0 Å². The van der Waals surface area contributed by atoms with Crippen LogP contribution in [0.25, 0.3) is 0 Å². The molecular formula is C12H15NO3. The van der Waals surface area contributed by atoms with Crippen LogP contribution in [0.5, 0.6) is 0 Å². The first-order chi connectivity index (χ1) is 7.72. The molecule has 1 aromatic rings. The van der Waals surface area contributed by atoms with Gasteiger partial charge < -0.3 is 15.1 Å². The highest BCUT2D eigenvalue weighted by Crippen LogP contribution is 2.26. The number of benzene rings is 1. The van der Waals surface area contributed by atoms with Crippen LogP contribution in [0.15, 0.2) is 24.3 Å². The van der Waals surface area contributed by atoms with E-state index in [9.17, 15) is 4.79 Å². The lowest BCUT2D eigenvalue weighted by atomic mass is 10.1. The zero-order valence-electron chi connectivity index (χ0n) is 8.97. The van der Waals surface area contributed by atoms with Crippen LogP contribution in [0.1, 0.15) is 16.8 Å². The predicted octanol–water partition coefficient (Wildman–Crippen LogP) is 1.20. The fourth-order valence-corrected chi connectivity index (χ4v) is 2.13. The van der Waals surface area contributed by atoms with Crippen LogP contribution < -0.4 is 4.90 Å². The number of aliphatic hydroxyl groups excluding tert-OH is 1. The number of aromatic carboxylic acids is 1.